The van der Waals surface area contributed by atoms with Crippen LogP contribution < -0.4 is 10.9 Å². The number of amides is 1. The number of benzene rings is 1. The molecule has 3 heterocycles. The average molecular weight is 523 g/mol. The lowest BCUT2D eigenvalue weighted by atomic mass is 9.90. The van der Waals surface area contributed by atoms with Crippen molar-refractivity contribution in [3.63, 3.8) is 0 Å². The molecule has 6 nitrogen and oxygen atoms in total. The van der Waals surface area contributed by atoms with Crippen LogP contribution in [0, 0.1) is 19.8 Å². The zero-order valence-corrected chi connectivity index (χ0v) is 21.3. The largest absolute Gasteiger partial charge is 0.401 e. The monoisotopic (exact) mass is 522 g/mol. The van der Waals surface area contributed by atoms with Gasteiger partial charge in [-0.15, -0.1) is 0 Å². The second kappa shape index (κ2) is 10.3. The van der Waals surface area contributed by atoms with Gasteiger partial charge in [0.25, 0.3) is 11.5 Å². The van der Waals surface area contributed by atoms with Crippen LogP contribution >= 0.6 is 11.6 Å². The third-order valence-corrected chi connectivity index (χ3v) is 7.46. The number of alkyl halides is 3. The number of nitrogens with one attached hydrogen (secondary N) is 2. The number of H-pyrrole nitrogens is 1. The van der Waals surface area contributed by atoms with Gasteiger partial charge in [-0.2, -0.15) is 13.2 Å². The van der Waals surface area contributed by atoms with Gasteiger partial charge in [-0.05, 0) is 70.3 Å². The zero-order chi connectivity index (χ0) is 26.2. The van der Waals surface area contributed by atoms with Crippen LogP contribution in [0.2, 0.25) is 5.15 Å². The van der Waals surface area contributed by atoms with Crippen LogP contribution in [0.5, 0.6) is 0 Å². The Hall–Kier alpha value is -2.78. The van der Waals surface area contributed by atoms with Gasteiger partial charge in [-0.3, -0.25) is 14.5 Å². The number of aromatic nitrogens is 2. The van der Waals surface area contributed by atoms with Crippen molar-refractivity contribution in [2.45, 2.75) is 52.4 Å². The SMILES string of the molecule is Cc1cc(Cl)[nH]c(=O)c1CNC(=O)c1c(C)n([C@H](C)C2CCN(CC(F)(F)F)CC2)c2ccccc12. The van der Waals surface area contributed by atoms with Gasteiger partial charge in [0.15, 0.2) is 0 Å². The van der Waals surface area contributed by atoms with E-state index in [9.17, 15) is 22.8 Å². The predicted octanol–water partition coefficient (Wildman–Crippen LogP) is 5.37. The van der Waals surface area contributed by atoms with Crippen molar-refractivity contribution in [2.75, 3.05) is 19.6 Å². The van der Waals surface area contributed by atoms with Gasteiger partial charge in [0.1, 0.15) is 5.15 Å². The molecule has 1 atom stereocenters. The van der Waals surface area contributed by atoms with Gasteiger partial charge in [-0.1, -0.05) is 29.8 Å². The molecule has 0 radical (unpaired) electrons. The number of piperidine rings is 1. The number of pyridine rings is 1. The number of hydrogen-bond acceptors (Lipinski definition) is 3. The third kappa shape index (κ3) is 5.47. The highest BCUT2D eigenvalue weighted by molar-refractivity contribution is 6.29. The Labute approximate surface area is 212 Å². The van der Waals surface area contributed by atoms with Gasteiger partial charge < -0.3 is 14.9 Å². The summed E-state index contributed by atoms with van der Waals surface area (Å²) < 4.78 is 40.5. The number of aryl methyl sites for hydroxylation is 1. The molecule has 36 heavy (non-hydrogen) atoms. The molecule has 0 saturated carbocycles. The maximum Gasteiger partial charge on any atom is 0.401 e. The minimum atomic E-state index is -4.19. The molecule has 0 aliphatic carbocycles. The van der Waals surface area contributed by atoms with E-state index in [1.165, 1.54) is 4.90 Å². The van der Waals surface area contributed by atoms with Crippen molar-refractivity contribution in [2.24, 2.45) is 5.92 Å². The molecule has 2 N–H and O–H groups in total. The van der Waals surface area contributed by atoms with E-state index in [2.05, 4.69) is 21.8 Å². The first-order chi connectivity index (χ1) is 17.0. The quantitative estimate of drug-likeness (QED) is 0.428. The number of hydrogen-bond donors (Lipinski definition) is 2. The minimum Gasteiger partial charge on any atom is -0.348 e. The first-order valence-electron chi connectivity index (χ1n) is 12.0. The normalized spacial score (nSPS) is 16.4. The van der Waals surface area contributed by atoms with Gasteiger partial charge in [0, 0.05) is 34.7 Å². The van der Waals surface area contributed by atoms with E-state index in [1.54, 1.807) is 13.0 Å². The summed E-state index contributed by atoms with van der Waals surface area (Å²) in [5, 5.41) is 3.92. The molecule has 4 rings (SSSR count). The molecular weight excluding hydrogens is 493 g/mol. The Morgan fingerprint density at radius 1 is 1.22 bits per heavy atom. The molecule has 1 aromatic carbocycles. The summed E-state index contributed by atoms with van der Waals surface area (Å²) in [7, 11) is 0. The number of likely N-dealkylation sites (tertiary alicyclic amines) is 1. The zero-order valence-electron chi connectivity index (χ0n) is 20.5. The molecule has 0 unspecified atom stereocenters. The first kappa shape index (κ1) is 26.3. The van der Waals surface area contributed by atoms with Crippen LogP contribution in [0.25, 0.3) is 10.9 Å². The lowest BCUT2D eigenvalue weighted by Crippen LogP contribution is -2.41. The first-order valence-corrected chi connectivity index (χ1v) is 12.4. The van der Waals surface area contributed by atoms with E-state index >= 15 is 0 Å². The topological polar surface area (TPSA) is 70.1 Å². The molecule has 1 aliphatic rings. The highest BCUT2D eigenvalue weighted by atomic mass is 35.5. The number of carbonyl (C=O) groups is 1. The summed E-state index contributed by atoms with van der Waals surface area (Å²) in [6, 6.07) is 9.29. The number of fused-ring (bicyclic) bond motifs is 1. The van der Waals surface area contributed by atoms with Crippen molar-refractivity contribution in [1.29, 1.82) is 0 Å². The number of halogens is 4. The second-order valence-corrected chi connectivity index (χ2v) is 10.0. The van der Waals surface area contributed by atoms with Crippen molar-refractivity contribution in [3.05, 3.63) is 68.2 Å². The van der Waals surface area contributed by atoms with E-state index in [4.69, 9.17) is 11.6 Å². The highest BCUT2D eigenvalue weighted by Gasteiger charge is 2.34. The third-order valence-electron chi connectivity index (χ3n) is 7.26. The van der Waals surface area contributed by atoms with Gasteiger partial charge in [-0.25, -0.2) is 0 Å². The summed E-state index contributed by atoms with van der Waals surface area (Å²) in [5.74, 6) is -0.0985. The molecular formula is C26H30ClF3N4O2. The Kier molecular flexibility index (Phi) is 7.52. The average Bonchev–Trinajstić information content (AvgIpc) is 3.09. The summed E-state index contributed by atoms with van der Waals surface area (Å²) in [6.07, 6.45) is -2.88. The van der Waals surface area contributed by atoms with Crippen molar-refractivity contribution < 1.29 is 18.0 Å². The maximum atomic E-state index is 13.4. The Balaban J connectivity index is 1.57. The summed E-state index contributed by atoms with van der Waals surface area (Å²) >= 11 is 5.90. The van der Waals surface area contributed by atoms with Gasteiger partial charge in [0.05, 0.1) is 12.1 Å². The van der Waals surface area contributed by atoms with Gasteiger partial charge >= 0.3 is 6.18 Å². The number of aromatic amines is 1. The van der Waals surface area contributed by atoms with E-state index in [0.717, 1.165) is 16.6 Å². The Bertz CT molecular complexity index is 1320. The van der Waals surface area contributed by atoms with Crippen LogP contribution in [-0.2, 0) is 6.54 Å². The number of rotatable bonds is 6. The fraction of sp³-hybridized carbons (Fsp3) is 0.462. The molecule has 0 bridgehead atoms. The van der Waals surface area contributed by atoms with E-state index < -0.39 is 12.7 Å². The molecule has 10 heteroatoms. The number of nitrogens with zero attached hydrogens (tertiary/aromatic N) is 2. The predicted molar refractivity (Wildman–Crippen MR) is 135 cm³/mol. The van der Waals surface area contributed by atoms with Crippen LogP contribution in [0.3, 0.4) is 0 Å². The molecule has 194 valence electrons. The molecule has 0 spiro atoms. The fourth-order valence-electron chi connectivity index (χ4n) is 5.41. The minimum absolute atomic E-state index is 0.00541. The molecule has 1 fully saturated rings. The van der Waals surface area contributed by atoms with Crippen molar-refractivity contribution >= 4 is 28.4 Å². The molecule has 3 aromatic rings. The summed E-state index contributed by atoms with van der Waals surface area (Å²) in [4.78, 5) is 29.7. The highest BCUT2D eigenvalue weighted by Crippen LogP contribution is 2.36. The smallest absolute Gasteiger partial charge is 0.348 e. The van der Waals surface area contributed by atoms with E-state index in [1.807, 2.05) is 31.2 Å². The van der Waals surface area contributed by atoms with Crippen LogP contribution in [0.15, 0.2) is 35.1 Å². The molecule has 1 amide bonds. The lowest BCUT2D eigenvalue weighted by molar-refractivity contribution is -0.149. The van der Waals surface area contributed by atoms with Crippen LogP contribution in [-0.4, -0.2) is 46.2 Å². The summed E-state index contributed by atoms with van der Waals surface area (Å²) in [6.45, 7) is 5.71. The number of para-hydroxylation sites is 1. The van der Waals surface area contributed by atoms with E-state index in [0.29, 0.717) is 42.6 Å². The molecule has 1 saturated heterocycles. The van der Waals surface area contributed by atoms with Gasteiger partial charge in [0.2, 0.25) is 0 Å². The number of carbonyl (C=O) groups excluding carboxylic acids is 1. The Morgan fingerprint density at radius 2 is 1.89 bits per heavy atom. The van der Waals surface area contributed by atoms with Crippen molar-refractivity contribution in [1.82, 2.24) is 19.8 Å². The van der Waals surface area contributed by atoms with Crippen LogP contribution in [0.1, 0.15) is 53.0 Å². The van der Waals surface area contributed by atoms with E-state index in [-0.39, 0.29) is 35.1 Å². The second-order valence-electron chi connectivity index (χ2n) is 9.61. The lowest BCUT2D eigenvalue weighted by Gasteiger charge is -2.36. The van der Waals surface area contributed by atoms with Crippen molar-refractivity contribution in [3.8, 4) is 0 Å². The summed E-state index contributed by atoms with van der Waals surface area (Å²) in [5.41, 5.74) is 3.02. The molecule has 1 aliphatic heterocycles. The Morgan fingerprint density at radius 3 is 2.53 bits per heavy atom. The maximum absolute atomic E-state index is 13.4. The fourth-order valence-corrected chi connectivity index (χ4v) is 5.66. The standard InChI is InChI=1S/C26H30ClF3N4O2/c1-15-12-22(27)32-24(35)20(15)13-31-25(36)23-17(3)34(21-7-5-4-6-19(21)23)16(2)18-8-10-33(11-9-18)14-26(28,29)30/h4-7,12,16,18H,8-11,13-14H2,1-3H3,(H,31,36)(H,32,35)/t16-/m1/s1. The molecule has 2 aromatic heterocycles. The van der Waals surface area contributed by atoms with Crippen LogP contribution in [0.4, 0.5) is 13.2 Å².